The summed E-state index contributed by atoms with van der Waals surface area (Å²) < 4.78 is 47.6. The van der Waals surface area contributed by atoms with E-state index in [0.717, 1.165) is 0 Å². The van der Waals surface area contributed by atoms with Crippen molar-refractivity contribution in [2.24, 2.45) is 0 Å². The number of hydrogen-bond acceptors (Lipinski definition) is 3. The van der Waals surface area contributed by atoms with Gasteiger partial charge in [-0.1, -0.05) is 37.3 Å². The number of alkyl halides is 3. The number of halogens is 3. The molecule has 0 aliphatic rings. The molecule has 0 amide bonds. The van der Waals surface area contributed by atoms with E-state index in [-0.39, 0.29) is 6.61 Å². The lowest BCUT2D eigenvalue weighted by Gasteiger charge is -2.21. The molecular weight excluding hydrogens is 273 g/mol. The van der Waals surface area contributed by atoms with Gasteiger partial charge in [0.1, 0.15) is 6.10 Å². The molecule has 2 atom stereocenters. The lowest BCUT2D eigenvalue weighted by Crippen LogP contribution is -2.40. The minimum Gasteiger partial charge on any atom is -0.456 e. The predicted molar refractivity (Wildman–Crippen MR) is 67.0 cm³/mol. The van der Waals surface area contributed by atoms with E-state index in [4.69, 9.17) is 4.74 Å². The molecule has 0 aromatic heterocycles. The number of esters is 1. The second-order valence-electron chi connectivity index (χ2n) is 4.28. The van der Waals surface area contributed by atoms with Crippen LogP contribution in [0.4, 0.5) is 13.2 Å². The zero-order valence-electron chi connectivity index (χ0n) is 11.3. The van der Waals surface area contributed by atoms with E-state index in [2.05, 4.69) is 4.74 Å². The van der Waals surface area contributed by atoms with E-state index >= 15 is 0 Å². The molecule has 3 nitrogen and oxygen atoms in total. The van der Waals surface area contributed by atoms with Crippen molar-refractivity contribution in [2.45, 2.75) is 38.7 Å². The molecule has 0 aliphatic heterocycles. The predicted octanol–water partition coefficient (Wildman–Crippen LogP) is 3.65. The van der Waals surface area contributed by atoms with Gasteiger partial charge in [0, 0.05) is 6.61 Å². The molecule has 1 rings (SSSR count). The SMILES string of the molecule is CCCOC(C(=O)OC(C)c1ccccc1)C(F)(F)F. The summed E-state index contributed by atoms with van der Waals surface area (Å²) in [6.07, 6.45) is -7.69. The maximum atomic E-state index is 12.7. The Morgan fingerprint density at radius 2 is 1.85 bits per heavy atom. The molecule has 112 valence electrons. The first-order valence-corrected chi connectivity index (χ1v) is 6.30. The Balaban J connectivity index is 2.71. The first-order valence-electron chi connectivity index (χ1n) is 6.30. The molecule has 20 heavy (non-hydrogen) atoms. The van der Waals surface area contributed by atoms with Crippen LogP contribution in [-0.4, -0.2) is 24.9 Å². The Bertz CT molecular complexity index is 417. The molecule has 0 fully saturated rings. The highest BCUT2D eigenvalue weighted by atomic mass is 19.4. The van der Waals surface area contributed by atoms with Crippen molar-refractivity contribution in [1.29, 1.82) is 0 Å². The number of rotatable bonds is 6. The minimum atomic E-state index is -4.78. The van der Waals surface area contributed by atoms with Crippen molar-refractivity contribution in [3.8, 4) is 0 Å². The summed E-state index contributed by atoms with van der Waals surface area (Å²) in [5.74, 6) is -1.41. The van der Waals surface area contributed by atoms with Crippen LogP contribution in [0, 0.1) is 0 Å². The molecule has 2 unspecified atom stereocenters. The normalized spacial score (nSPS) is 14.7. The van der Waals surface area contributed by atoms with Gasteiger partial charge in [0.2, 0.25) is 0 Å². The second kappa shape index (κ2) is 7.28. The Kier molecular flexibility index (Phi) is 6.01. The van der Waals surface area contributed by atoms with E-state index in [1.807, 2.05) is 0 Å². The molecule has 6 heteroatoms. The van der Waals surface area contributed by atoms with Crippen LogP contribution in [0.5, 0.6) is 0 Å². The Hall–Kier alpha value is -1.56. The molecule has 0 spiro atoms. The summed E-state index contributed by atoms with van der Waals surface area (Å²) in [4.78, 5) is 11.6. The number of benzene rings is 1. The molecule has 0 N–H and O–H groups in total. The molecule has 0 aliphatic carbocycles. The molecule has 0 heterocycles. The Morgan fingerprint density at radius 3 is 2.35 bits per heavy atom. The summed E-state index contributed by atoms with van der Waals surface area (Å²) in [6.45, 7) is 3.02. The number of ether oxygens (including phenoxy) is 2. The van der Waals surface area contributed by atoms with Gasteiger partial charge in [-0.15, -0.1) is 0 Å². The fourth-order valence-corrected chi connectivity index (χ4v) is 1.56. The van der Waals surface area contributed by atoms with Crippen LogP contribution in [0.25, 0.3) is 0 Å². The van der Waals surface area contributed by atoms with Crippen LogP contribution in [0.15, 0.2) is 30.3 Å². The van der Waals surface area contributed by atoms with Crippen LogP contribution >= 0.6 is 0 Å². The average Bonchev–Trinajstić information content (AvgIpc) is 2.38. The standard InChI is InChI=1S/C14H17F3O3/c1-3-9-19-12(14(15,16)17)13(18)20-10(2)11-7-5-4-6-8-11/h4-8,10,12H,3,9H2,1-2H3. The Morgan fingerprint density at radius 1 is 1.25 bits per heavy atom. The number of carbonyl (C=O) groups excluding carboxylic acids is 1. The quantitative estimate of drug-likeness (QED) is 0.750. The van der Waals surface area contributed by atoms with Gasteiger partial charge in [0.05, 0.1) is 0 Å². The molecule has 0 saturated heterocycles. The van der Waals surface area contributed by atoms with Crippen LogP contribution in [0.1, 0.15) is 31.9 Å². The number of carbonyl (C=O) groups is 1. The summed E-state index contributed by atoms with van der Waals surface area (Å²) in [6, 6.07) is 8.55. The fraction of sp³-hybridized carbons (Fsp3) is 0.500. The highest BCUT2D eigenvalue weighted by Crippen LogP contribution is 2.26. The third-order valence-corrected chi connectivity index (χ3v) is 2.56. The molecule has 1 aromatic carbocycles. The van der Waals surface area contributed by atoms with Gasteiger partial charge >= 0.3 is 12.1 Å². The van der Waals surface area contributed by atoms with Crippen molar-refractivity contribution in [3.05, 3.63) is 35.9 Å². The lowest BCUT2D eigenvalue weighted by atomic mass is 10.1. The Labute approximate surface area is 115 Å². The van der Waals surface area contributed by atoms with Crippen LogP contribution in [0.3, 0.4) is 0 Å². The van der Waals surface area contributed by atoms with E-state index in [9.17, 15) is 18.0 Å². The highest BCUT2D eigenvalue weighted by molar-refractivity contribution is 5.76. The zero-order chi connectivity index (χ0) is 15.2. The smallest absolute Gasteiger partial charge is 0.425 e. The van der Waals surface area contributed by atoms with Crippen LogP contribution in [0.2, 0.25) is 0 Å². The molecule has 0 bridgehead atoms. The van der Waals surface area contributed by atoms with Crippen molar-refractivity contribution < 1.29 is 27.4 Å². The molecular formula is C14H17F3O3. The van der Waals surface area contributed by atoms with Crippen LogP contribution < -0.4 is 0 Å². The number of hydrogen-bond donors (Lipinski definition) is 0. The first kappa shape index (κ1) is 16.5. The van der Waals surface area contributed by atoms with Crippen molar-refractivity contribution in [1.82, 2.24) is 0 Å². The van der Waals surface area contributed by atoms with Gasteiger partial charge in [0.15, 0.2) is 0 Å². The molecule has 0 saturated carbocycles. The minimum absolute atomic E-state index is 0.154. The first-order chi connectivity index (χ1) is 9.36. The van der Waals surface area contributed by atoms with Crippen molar-refractivity contribution in [3.63, 3.8) is 0 Å². The molecule has 1 aromatic rings. The topological polar surface area (TPSA) is 35.5 Å². The fourth-order valence-electron chi connectivity index (χ4n) is 1.56. The molecule has 0 radical (unpaired) electrons. The van der Waals surface area contributed by atoms with Gasteiger partial charge in [-0.3, -0.25) is 0 Å². The van der Waals surface area contributed by atoms with Gasteiger partial charge in [0.25, 0.3) is 6.10 Å². The second-order valence-corrected chi connectivity index (χ2v) is 4.28. The van der Waals surface area contributed by atoms with Gasteiger partial charge in [-0.05, 0) is 18.9 Å². The van der Waals surface area contributed by atoms with E-state index < -0.39 is 24.4 Å². The highest BCUT2D eigenvalue weighted by Gasteiger charge is 2.47. The maximum absolute atomic E-state index is 12.7. The van der Waals surface area contributed by atoms with Crippen molar-refractivity contribution in [2.75, 3.05) is 6.61 Å². The average molecular weight is 290 g/mol. The van der Waals surface area contributed by atoms with E-state index in [1.165, 1.54) is 6.92 Å². The largest absolute Gasteiger partial charge is 0.456 e. The van der Waals surface area contributed by atoms with Gasteiger partial charge in [-0.25, -0.2) is 4.79 Å². The summed E-state index contributed by atoms with van der Waals surface area (Å²) in [5.41, 5.74) is 0.622. The summed E-state index contributed by atoms with van der Waals surface area (Å²) in [7, 11) is 0. The van der Waals surface area contributed by atoms with E-state index in [0.29, 0.717) is 12.0 Å². The maximum Gasteiger partial charge on any atom is 0.425 e. The van der Waals surface area contributed by atoms with Gasteiger partial charge in [-0.2, -0.15) is 13.2 Å². The lowest BCUT2D eigenvalue weighted by molar-refractivity contribution is -0.232. The van der Waals surface area contributed by atoms with Crippen molar-refractivity contribution >= 4 is 5.97 Å². The summed E-state index contributed by atoms with van der Waals surface area (Å²) >= 11 is 0. The third-order valence-electron chi connectivity index (χ3n) is 2.56. The van der Waals surface area contributed by atoms with Crippen LogP contribution in [-0.2, 0) is 14.3 Å². The monoisotopic (exact) mass is 290 g/mol. The summed E-state index contributed by atoms with van der Waals surface area (Å²) in [5, 5.41) is 0. The third kappa shape index (κ3) is 4.85. The van der Waals surface area contributed by atoms with Gasteiger partial charge < -0.3 is 9.47 Å². The van der Waals surface area contributed by atoms with E-state index in [1.54, 1.807) is 37.3 Å². The zero-order valence-corrected chi connectivity index (χ0v) is 11.3.